The summed E-state index contributed by atoms with van der Waals surface area (Å²) in [6.07, 6.45) is 0.740. The van der Waals surface area contributed by atoms with Crippen LogP contribution in [0.25, 0.3) is 10.8 Å². The Morgan fingerprint density at radius 1 is 0.971 bits per heavy atom. The van der Waals surface area contributed by atoms with Gasteiger partial charge in [0.25, 0.3) is 0 Å². The molecule has 0 fully saturated rings. The first-order chi connectivity index (χ1) is 15.9. The Hall–Kier alpha value is -3.35. The molecule has 0 atom stereocenters. The summed E-state index contributed by atoms with van der Waals surface area (Å²) in [5.74, 6) is 0.376. The van der Waals surface area contributed by atoms with E-state index < -0.39 is 0 Å². The van der Waals surface area contributed by atoms with Crippen molar-refractivity contribution in [1.29, 1.82) is 0 Å². The summed E-state index contributed by atoms with van der Waals surface area (Å²) >= 11 is 0. The molecule has 0 aliphatic carbocycles. The highest BCUT2D eigenvalue weighted by atomic mass is 16.2. The van der Waals surface area contributed by atoms with Gasteiger partial charge in [0, 0.05) is 23.4 Å². The first-order valence-electron chi connectivity index (χ1n) is 11.8. The van der Waals surface area contributed by atoms with Crippen molar-refractivity contribution >= 4 is 34.2 Å². The smallest absolute Gasteiger partial charge is 0.315 e. The Bertz CT molecular complexity index is 1160. The highest BCUT2D eigenvalue weighted by Gasteiger charge is 2.26. The normalized spacial score (nSPS) is 12.0. The summed E-state index contributed by atoms with van der Waals surface area (Å²) in [5.41, 5.74) is 1.17. The van der Waals surface area contributed by atoms with Crippen molar-refractivity contribution in [2.75, 3.05) is 23.7 Å². The number of fused-ring (bicyclic) bond motifs is 1. The lowest BCUT2D eigenvalue weighted by atomic mass is 9.92. The molecule has 182 valence electrons. The van der Waals surface area contributed by atoms with Gasteiger partial charge in [-0.1, -0.05) is 64.1 Å². The minimum absolute atomic E-state index is 0.0510. The number of benzene rings is 2. The highest BCUT2D eigenvalue weighted by Crippen LogP contribution is 2.28. The van der Waals surface area contributed by atoms with Gasteiger partial charge in [0.05, 0.1) is 16.9 Å². The van der Waals surface area contributed by atoms with Crippen LogP contribution in [0.3, 0.4) is 0 Å². The molecule has 0 spiro atoms. The minimum Gasteiger partial charge on any atom is -0.315 e. The Labute approximate surface area is 202 Å². The van der Waals surface area contributed by atoms with E-state index in [0.717, 1.165) is 28.6 Å². The molecular formula is C27H37N5O2. The average Bonchev–Trinajstić information content (AvgIpc) is 3.18. The number of hydrogen-bond acceptors (Lipinski definition) is 3. The quantitative estimate of drug-likeness (QED) is 0.472. The number of amides is 3. The predicted molar refractivity (Wildman–Crippen MR) is 139 cm³/mol. The van der Waals surface area contributed by atoms with Crippen molar-refractivity contribution in [2.24, 2.45) is 0 Å². The summed E-state index contributed by atoms with van der Waals surface area (Å²) in [6.45, 7) is 14.8. The Morgan fingerprint density at radius 3 is 2.29 bits per heavy atom. The number of urea groups is 1. The number of carbonyl (C=O) groups is 2. The molecule has 1 aromatic heterocycles. The molecule has 34 heavy (non-hydrogen) atoms. The number of nitrogens with zero attached hydrogens (tertiary/aromatic N) is 3. The van der Waals surface area contributed by atoms with Crippen molar-refractivity contribution in [2.45, 2.75) is 65.8 Å². The van der Waals surface area contributed by atoms with Crippen LogP contribution in [-0.2, 0) is 15.7 Å². The number of rotatable bonds is 6. The van der Waals surface area contributed by atoms with E-state index in [1.54, 1.807) is 4.90 Å². The maximum atomic E-state index is 13.1. The number of hydrogen-bond donors (Lipinski definition) is 2. The van der Waals surface area contributed by atoms with Crippen LogP contribution < -0.4 is 10.6 Å². The molecule has 0 saturated heterocycles. The molecule has 0 unspecified atom stereocenters. The van der Waals surface area contributed by atoms with Gasteiger partial charge in [-0.25, -0.2) is 9.48 Å². The van der Waals surface area contributed by atoms with Gasteiger partial charge in [-0.05, 0) is 38.6 Å². The summed E-state index contributed by atoms with van der Waals surface area (Å²) < 4.78 is 1.84. The predicted octanol–water partition coefficient (Wildman–Crippen LogP) is 5.97. The third-order valence-corrected chi connectivity index (χ3v) is 5.53. The molecule has 3 rings (SSSR count). The minimum atomic E-state index is -0.305. The van der Waals surface area contributed by atoms with Crippen LogP contribution in [-0.4, -0.2) is 39.7 Å². The molecule has 2 N–H and O–H groups in total. The summed E-state index contributed by atoms with van der Waals surface area (Å²) in [5, 5.41) is 12.7. The van der Waals surface area contributed by atoms with E-state index in [2.05, 4.69) is 31.4 Å². The lowest BCUT2D eigenvalue weighted by molar-refractivity contribution is -0.116. The van der Waals surface area contributed by atoms with Gasteiger partial charge in [0.1, 0.15) is 12.4 Å². The summed E-state index contributed by atoms with van der Waals surface area (Å²) in [6, 6.07) is 15.3. The van der Waals surface area contributed by atoms with Crippen LogP contribution in [0.1, 0.15) is 60.6 Å². The number of carbonyl (C=O) groups excluding carboxylic acids is 2. The molecule has 1 heterocycles. The lowest BCUT2D eigenvalue weighted by Gasteiger charge is -2.25. The first-order valence-corrected chi connectivity index (χ1v) is 11.8. The van der Waals surface area contributed by atoms with Crippen LogP contribution in [0.2, 0.25) is 0 Å². The van der Waals surface area contributed by atoms with Gasteiger partial charge in [0.2, 0.25) is 5.91 Å². The molecule has 0 aliphatic heterocycles. The largest absolute Gasteiger partial charge is 0.322 e. The molecule has 7 nitrogen and oxygen atoms in total. The van der Waals surface area contributed by atoms with Gasteiger partial charge in [-0.3, -0.25) is 4.79 Å². The molecule has 3 aromatic rings. The van der Waals surface area contributed by atoms with Crippen LogP contribution in [0.15, 0.2) is 48.5 Å². The molecular weight excluding hydrogens is 426 g/mol. The van der Waals surface area contributed by atoms with Crippen molar-refractivity contribution < 1.29 is 9.59 Å². The third-order valence-electron chi connectivity index (χ3n) is 5.53. The zero-order valence-electron chi connectivity index (χ0n) is 21.4. The molecule has 0 saturated carbocycles. The SMILES string of the molecule is CCCN(CC(=O)Nc1cc(C(C)(C)C)nn1C(C)(C)C)C(=O)Nc1cccc2ccccc12. The number of nitrogens with one attached hydrogen (secondary N) is 2. The van der Waals surface area contributed by atoms with E-state index in [1.807, 2.05) is 80.9 Å². The van der Waals surface area contributed by atoms with E-state index in [4.69, 9.17) is 5.10 Å². The second-order valence-corrected chi connectivity index (χ2v) is 10.7. The van der Waals surface area contributed by atoms with Crippen molar-refractivity contribution in [3.05, 3.63) is 54.2 Å². The standard InChI is InChI=1S/C27H37N5O2/c1-8-16-31(25(34)28-21-15-11-13-19-12-9-10-14-20(19)21)18-24(33)29-23-17-22(26(2,3)4)30-32(23)27(5,6)7/h9-15,17H,8,16,18H2,1-7H3,(H,28,34)(H,29,33). The van der Waals surface area contributed by atoms with Gasteiger partial charge in [0.15, 0.2) is 0 Å². The van der Waals surface area contributed by atoms with Crippen molar-refractivity contribution in [3.63, 3.8) is 0 Å². The fourth-order valence-electron chi connectivity index (χ4n) is 3.75. The second kappa shape index (κ2) is 9.87. The maximum Gasteiger partial charge on any atom is 0.322 e. The van der Waals surface area contributed by atoms with Gasteiger partial charge < -0.3 is 15.5 Å². The summed E-state index contributed by atoms with van der Waals surface area (Å²) in [7, 11) is 0. The zero-order chi connectivity index (χ0) is 25.1. The van der Waals surface area contributed by atoms with Crippen LogP contribution in [0.4, 0.5) is 16.3 Å². The Balaban J connectivity index is 1.77. The van der Waals surface area contributed by atoms with Crippen molar-refractivity contribution in [3.8, 4) is 0 Å². The van der Waals surface area contributed by atoms with Gasteiger partial charge >= 0.3 is 6.03 Å². The average molecular weight is 464 g/mol. The first kappa shape index (κ1) is 25.3. The zero-order valence-corrected chi connectivity index (χ0v) is 21.4. The fraction of sp³-hybridized carbons (Fsp3) is 0.444. The molecule has 2 aromatic carbocycles. The molecule has 0 aliphatic rings. The van der Waals surface area contributed by atoms with Crippen molar-refractivity contribution in [1.82, 2.24) is 14.7 Å². The second-order valence-electron chi connectivity index (χ2n) is 10.7. The Morgan fingerprint density at radius 2 is 1.65 bits per heavy atom. The number of anilines is 2. The van der Waals surface area contributed by atoms with Gasteiger partial charge in [-0.15, -0.1) is 0 Å². The third kappa shape index (κ3) is 5.95. The van der Waals surface area contributed by atoms with E-state index in [-0.39, 0.29) is 29.4 Å². The van der Waals surface area contributed by atoms with Crippen LogP contribution >= 0.6 is 0 Å². The fourth-order valence-corrected chi connectivity index (χ4v) is 3.75. The monoisotopic (exact) mass is 463 g/mol. The van der Waals surface area contributed by atoms with E-state index >= 15 is 0 Å². The molecule has 0 radical (unpaired) electrons. The van der Waals surface area contributed by atoms with Gasteiger partial charge in [-0.2, -0.15) is 5.10 Å². The molecule has 0 bridgehead atoms. The van der Waals surface area contributed by atoms with Crippen LogP contribution in [0, 0.1) is 0 Å². The van der Waals surface area contributed by atoms with E-state index in [0.29, 0.717) is 12.4 Å². The van der Waals surface area contributed by atoms with Crippen LogP contribution in [0.5, 0.6) is 0 Å². The van der Waals surface area contributed by atoms with E-state index in [9.17, 15) is 9.59 Å². The molecule has 7 heteroatoms. The topological polar surface area (TPSA) is 79.3 Å². The Kier molecular flexibility index (Phi) is 7.34. The highest BCUT2D eigenvalue weighted by molar-refractivity contribution is 6.03. The number of aromatic nitrogens is 2. The van der Waals surface area contributed by atoms with E-state index in [1.165, 1.54) is 0 Å². The molecule has 3 amide bonds. The lowest BCUT2D eigenvalue weighted by Crippen LogP contribution is -2.41. The summed E-state index contributed by atoms with van der Waals surface area (Å²) in [4.78, 5) is 27.7. The maximum absolute atomic E-state index is 13.1.